The van der Waals surface area contributed by atoms with Gasteiger partial charge in [-0.1, -0.05) is 12.1 Å². The summed E-state index contributed by atoms with van der Waals surface area (Å²) in [6.45, 7) is 10.3. The van der Waals surface area contributed by atoms with Crippen molar-refractivity contribution in [1.29, 1.82) is 0 Å². The Balaban J connectivity index is 2.72. The number of para-hydroxylation sites is 1. The Morgan fingerprint density at radius 2 is 1.65 bits per heavy atom. The molecule has 1 N–H and O–H groups in total. The molecule has 1 rings (SSSR count). The Morgan fingerprint density at radius 3 is 2.15 bits per heavy atom. The molecule has 0 spiro atoms. The van der Waals surface area contributed by atoms with Crippen molar-refractivity contribution in [2.45, 2.75) is 44.7 Å². The van der Waals surface area contributed by atoms with E-state index in [-0.39, 0.29) is 0 Å². The number of anilines is 1. The number of nitrogens with one attached hydrogen (secondary N) is 1. The second kappa shape index (κ2) is 7.09. The Hall–Kier alpha value is -1.07. The van der Waals surface area contributed by atoms with Crippen molar-refractivity contribution in [3.8, 4) is 0 Å². The van der Waals surface area contributed by atoms with Crippen molar-refractivity contribution in [3.05, 3.63) is 24.3 Å². The molecular formula is C15H26N2O2S. The van der Waals surface area contributed by atoms with E-state index in [0.29, 0.717) is 22.7 Å². The maximum atomic E-state index is 11.7. The molecule has 0 radical (unpaired) electrons. The van der Waals surface area contributed by atoms with E-state index in [9.17, 15) is 8.42 Å². The molecule has 0 unspecified atom stereocenters. The highest BCUT2D eigenvalue weighted by molar-refractivity contribution is 7.90. The molecular weight excluding hydrogens is 272 g/mol. The second-order valence-corrected chi connectivity index (χ2v) is 7.60. The SMILES string of the molecule is CC(C)N(CCNc1ccccc1S(C)(=O)=O)C(C)C. The van der Waals surface area contributed by atoms with E-state index < -0.39 is 9.84 Å². The summed E-state index contributed by atoms with van der Waals surface area (Å²) in [5.74, 6) is 0. The molecule has 1 aromatic carbocycles. The first kappa shape index (κ1) is 17.0. The summed E-state index contributed by atoms with van der Waals surface area (Å²) in [4.78, 5) is 2.73. The minimum atomic E-state index is -3.19. The fourth-order valence-corrected chi connectivity index (χ4v) is 3.23. The number of benzene rings is 1. The van der Waals surface area contributed by atoms with Gasteiger partial charge >= 0.3 is 0 Å². The van der Waals surface area contributed by atoms with Crippen LogP contribution in [-0.2, 0) is 9.84 Å². The van der Waals surface area contributed by atoms with Gasteiger partial charge in [-0.2, -0.15) is 0 Å². The molecule has 0 saturated carbocycles. The summed E-state index contributed by atoms with van der Waals surface area (Å²) in [5, 5.41) is 3.24. The van der Waals surface area contributed by atoms with Crippen molar-refractivity contribution < 1.29 is 8.42 Å². The Morgan fingerprint density at radius 1 is 1.10 bits per heavy atom. The average Bonchev–Trinajstić information content (AvgIpc) is 2.33. The summed E-state index contributed by atoms with van der Waals surface area (Å²) in [7, 11) is -3.19. The Labute approximate surface area is 123 Å². The lowest BCUT2D eigenvalue weighted by Crippen LogP contribution is -2.40. The maximum absolute atomic E-state index is 11.7. The third kappa shape index (κ3) is 4.80. The summed E-state index contributed by atoms with van der Waals surface area (Å²) < 4.78 is 23.4. The minimum absolute atomic E-state index is 0.362. The molecule has 5 heteroatoms. The highest BCUT2D eigenvalue weighted by Crippen LogP contribution is 2.20. The molecule has 0 amide bonds. The quantitative estimate of drug-likeness (QED) is 0.840. The van der Waals surface area contributed by atoms with Crippen molar-refractivity contribution in [2.24, 2.45) is 0 Å². The first-order chi connectivity index (χ1) is 9.23. The zero-order valence-electron chi connectivity index (χ0n) is 13.1. The number of hydrogen-bond donors (Lipinski definition) is 1. The highest BCUT2D eigenvalue weighted by atomic mass is 32.2. The summed E-state index contributed by atoms with van der Waals surface area (Å²) in [6, 6.07) is 7.99. The molecule has 0 heterocycles. The molecule has 4 nitrogen and oxygen atoms in total. The molecule has 0 fully saturated rings. The fourth-order valence-electron chi connectivity index (χ4n) is 2.37. The largest absolute Gasteiger partial charge is 0.383 e. The van der Waals surface area contributed by atoms with Crippen LogP contribution in [0.3, 0.4) is 0 Å². The summed E-state index contributed by atoms with van der Waals surface area (Å²) in [6.07, 6.45) is 1.24. The van der Waals surface area contributed by atoms with E-state index in [0.717, 1.165) is 13.1 Å². The molecule has 0 saturated heterocycles. The molecule has 114 valence electrons. The lowest BCUT2D eigenvalue weighted by Gasteiger charge is -2.30. The monoisotopic (exact) mass is 298 g/mol. The molecule has 0 bridgehead atoms. The topological polar surface area (TPSA) is 49.4 Å². The fraction of sp³-hybridized carbons (Fsp3) is 0.600. The van der Waals surface area contributed by atoms with Crippen LogP contribution in [0, 0.1) is 0 Å². The zero-order valence-corrected chi connectivity index (χ0v) is 13.9. The van der Waals surface area contributed by atoms with Gasteiger partial charge in [0.1, 0.15) is 0 Å². The van der Waals surface area contributed by atoms with Crippen LogP contribution in [0.25, 0.3) is 0 Å². The second-order valence-electron chi connectivity index (χ2n) is 5.62. The van der Waals surface area contributed by atoms with E-state index in [1.807, 2.05) is 12.1 Å². The van der Waals surface area contributed by atoms with E-state index in [1.165, 1.54) is 6.26 Å². The van der Waals surface area contributed by atoms with Gasteiger partial charge in [0.2, 0.25) is 0 Å². The van der Waals surface area contributed by atoms with Gasteiger partial charge in [-0.15, -0.1) is 0 Å². The number of hydrogen-bond acceptors (Lipinski definition) is 4. The van der Waals surface area contributed by atoms with Crippen LogP contribution in [0.1, 0.15) is 27.7 Å². The lowest BCUT2D eigenvalue weighted by molar-refractivity contribution is 0.182. The van der Waals surface area contributed by atoms with E-state index in [2.05, 4.69) is 37.9 Å². The van der Waals surface area contributed by atoms with E-state index >= 15 is 0 Å². The van der Waals surface area contributed by atoms with Crippen LogP contribution in [0.4, 0.5) is 5.69 Å². The summed E-state index contributed by atoms with van der Waals surface area (Å²) >= 11 is 0. The van der Waals surface area contributed by atoms with Gasteiger partial charge in [-0.3, -0.25) is 4.90 Å². The van der Waals surface area contributed by atoms with Gasteiger partial charge in [-0.05, 0) is 39.8 Å². The Kier molecular flexibility index (Phi) is 6.02. The molecule has 20 heavy (non-hydrogen) atoms. The van der Waals surface area contributed by atoms with Gasteiger partial charge in [0, 0.05) is 31.4 Å². The maximum Gasteiger partial charge on any atom is 0.177 e. The number of rotatable bonds is 7. The van der Waals surface area contributed by atoms with Crippen molar-refractivity contribution in [2.75, 3.05) is 24.7 Å². The van der Waals surface area contributed by atoms with Gasteiger partial charge < -0.3 is 5.32 Å². The third-order valence-corrected chi connectivity index (χ3v) is 4.45. The standard InChI is InChI=1S/C15H26N2O2S/c1-12(2)17(13(3)4)11-10-16-14-8-6-7-9-15(14)20(5,18)19/h6-9,12-13,16H,10-11H2,1-5H3. The normalized spacial score (nSPS) is 12.4. The Bertz CT molecular complexity index is 516. The number of sulfone groups is 1. The lowest BCUT2D eigenvalue weighted by atomic mass is 10.2. The number of nitrogens with zero attached hydrogens (tertiary/aromatic N) is 1. The van der Waals surface area contributed by atoms with Crippen LogP contribution >= 0.6 is 0 Å². The predicted molar refractivity (Wildman–Crippen MR) is 85.0 cm³/mol. The van der Waals surface area contributed by atoms with Crippen LogP contribution in [-0.4, -0.2) is 44.7 Å². The third-order valence-electron chi connectivity index (χ3n) is 3.30. The van der Waals surface area contributed by atoms with Crippen molar-refractivity contribution >= 4 is 15.5 Å². The van der Waals surface area contributed by atoms with Crippen molar-refractivity contribution in [3.63, 3.8) is 0 Å². The van der Waals surface area contributed by atoms with Crippen LogP contribution in [0.5, 0.6) is 0 Å². The molecule has 0 aliphatic heterocycles. The molecule has 1 aromatic rings. The van der Waals surface area contributed by atoms with Gasteiger partial charge in [0.15, 0.2) is 9.84 Å². The molecule has 0 aromatic heterocycles. The van der Waals surface area contributed by atoms with Crippen LogP contribution in [0.2, 0.25) is 0 Å². The molecule has 0 aliphatic rings. The first-order valence-corrected chi connectivity index (χ1v) is 8.91. The van der Waals surface area contributed by atoms with Crippen LogP contribution in [0.15, 0.2) is 29.2 Å². The van der Waals surface area contributed by atoms with Crippen LogP contribution < -0.4 is 5.32 Å². The van der Waals surface area contributed by atoms with Gasteiger partial charge in [0.05, 0.1) is 10.6 Å². The smallest absolute Gasteiger partial charge is 0.177 e. The summed E-state index contributed by atoms with van der Waals surface area (Å²) in [5.41, 5.74) is 0.683. The first-order valence-electron chi connectivity index (χ1n) is 7.02. The highest BCUT2D eigenvalue weighted by Gasteiger charge is 2.14. The van der Waals surface area contributed by atoms with Crippen molar-refractivity contribution in [1.82, 2.24) is 4.90 Å². The predicted octanol–water partition coefficient (Wildman–Crippen LogP) is 2.62. The molecule has 0 aliphatic carbocycles. The van der Waals surface area contributed by atoms with E-state index in [4.69, 9.17) is 0 Å². The average molecular weight is 298 g/mol. The molecule has 0 atom stereocenters. The van der Waals surface area contributed by atoms with E-state index in [1.54, 1.807) is 12.1 Å². The van der Waals surface area contributed by atoms with Gasteiger partial charge in [0.25, 0.3) is 0 Å². The van der Waals surface area contributed by atoms with Gasteiger partial charge in [-0.25, -0.2) is 8.42 Å². The minimum Gasteiger partial charge on any atom is -0.383 e. The zero-order chi connectivity index (χ0) is 15.3.